The van der Waals surface area contributed by atoms with Gasteiger partial charge in [-0.2, -0.15) is 0 Å². The third kappa shape index (κ3) is 3.56. The molecule has 0 saturated heterocycles. The lowest BCUT2D eigenvalue weighted by atomic mass is 10.0. The van der Waals surface area contributed by atoms with E-state index in [0.717, 1.165) is 28.2 Å². The first-order valence-corrected chi connectivity index (χ1v) is 8.08. The number of rotatable bonds is 4. The van der Waals surface area contributed by atoms with Crippen LogP contribution in [0.25, 0.3) is 11.1 Å². The van der Waals surface area contributed by atoms with Gasteiger partial charge in [-0.3, -0.25) is 10.3 Å². The zero-order valence-corrected chi connectivity index (χ0v) is 13.8. The molecule has 0 bridgehead atoms. The minimum absolute atomic E-state index is 0.264. The minimum Gasteiger partial charge on any atom is -0.454 e. The van der Waals surface area contributed by atoms with E-state index in [2.05, 4.69) is 20.6 Å². The third-order valence-electron chi connectivity index (χ3n) is 3.92. The normalized spacial score (nSPS) is 11.8. The van der Waals surface area contributed by atoms with Gasteiger partial charge in [0, 0.05) is 18.9 Å². The number of carbonyl (C=O) groups excluding carboxylic acids is 1. The fourth-order valence-corrected chi connectivity index (χ4v) is 2.60. The summed E-state index contributed by atoms with van der Waals surface area (Å²) in [5.41, 5.74) is 3.11. The Morgan fingerprint density at radius 1 is 1.00 bits per heavy atom. The number of amides is 2. The van der Waals surface area contributed by atoms with Crippen LogP contribution in [0.1, 0.15) is 5.56 Å². The van der Waals surface area contributed by atoms with Crippen LogP contribution in [0, 0.1) is 0 Å². The highest BCUT2D eigenvalue weighted by atomic mass is 16.7. The van der Waals surface area contributed by atoms with E-state index in [4.69, 9.17) is 9.47 Å². The van der Waals surface area contributed by atoms with Crippen LogP contribution in [0.2, 0.25) is 0 Å². The predicted octanol–water partition coefficient (Wildman–Crippen LogP) is 3.19. The van der Waals surface area contributed by atoms with E-state index in [0.29, 0.717) is 12.4 Å². The molecule has 26 heavy (non-hydrogen) atoms. The number of fused-ring (bicyclic) bond motifs is 1. The van der Waals surface area contributed by atoms with E-state index in [-0.39, 0.29) is 12.8 Å². The van der Waals surface area contributed by atoms with Gasteiger partial charge in [-0.1, -0.05) is 30.3 Å². The molecule has 0 aliphatic carbocycles. The van der Waals surface area contributed by atoms with Crippen molar-refractivity contribution in [2.75, 3.05) is 12.1 Å². The van der Waals surface area contributed by atoms with Gasteiger partial charge < -0.3 is 14.8 Å². The Kier molecular flexibility index (Phi) is 4.34. The molecule has 0 fully saturated rings. The molecule has 7 heteroatoms. The summed E-state index contributed by atoms with van der Waals surface area (Å²) in [6, 6.07) is 13.5. The number of ether oxygens (including phenoxy) is 2. The topological polar surface area (TPSA) is 85.4 Å². The highest BCUT2D eigenvalue weighted by molar-refractivity contribution is 5.87. The van der Waals surface area contributed by atoms with Gasteiger partial charge >= 0.3 is 6.03 Å². The van der Waals surface area contributed by atoms with Gasteiger partial charge in [-0.15, -0.1) is 0 Å². The number of carbonyl (C=O) groups is 1. The van der Waals surface area contributed by atoms with Crippen LogP contribution in [-0.4, -0.2) is 22.8 Å². The van der Waals surface area contributed by atoms with Crippen molar-refractivity contribution in [1.29, 1.82) is 0 Å². The van der Waals surface area contributed by atoms with Gasteiger partial charge in [0.15, 0.2) is 17.3 Å². The van der Waals surface area contributed by atoms with Crippen LogP contribution in [-0.2, 0) is 6.54 Å². The van der Waals surface area contributed by atoms with Gasteiger partial charge in [-0.25, -0.2) is 9.78 Å². The Morgan fingerprint density at radius 3 is 2.62 bits per heavy atom. The standard InChI is InChI=1S/C19H16N4O3/c24-19(23-18-11-20-7-8-21-18)22-10-13-1-3-14(4-2-13)15-5-6-16-17(9-15)26-12-25-16/h1-9,11H,10,12H2,(H2,21,22,23,24). The summed E-state index contributed by atoms with van der Waals surface area (Å²) in [4.78, 5) is 19.8. The second-order valence-electron chi connectivity index (χ2n) is 5.66. The summed E-state index contributed by atoms with van der Waals surface area (Å²) < 4.78 is 10.7. The van der Waals surface area contributed by atoms with E-state index in [1.165, 1.54) is 12.4 Å². The minimum atomic E-state index is -0.328. The summed E-state index contributed by atoms with van der Waals surface area (Å²) in [5, 5.41) is 5.41. The number of aromatic nitrogens is 2. The maximum Gasteiger partial charge on any atom is 0.320 e. The van der Waals surface area contributed by atoms with Gasteiger partial charge in [-0.05, 0) is 28.8 Å². The lowest BCUT2D eigenvalue weighted by molar-refractivity contribution is 0.174. The lowest BCUT2D eigenvalue weighted by Crippen LogP contribution is -2.28. The van der Waals surface area contributed by atoms with Gasteiger partial charge in [0.1, 0.15) is 0 Å². The zero-order valence-electron chi connectivity index (χ0n) is 13.8. The van der Waals surface area contributed by atoms with Crippen molar-refractivity contribution in [3.63, 3.8) is 0 Å². The molecule has 1 aliphatic rings. The fraction of sp³-hybridized carbons (Fsp3) is 0.105. The third-order valence-corrected chi connectivity index (χ3v) is 3.92. The molecule has 2 N–H and O–H groups in total. The highest BCUT2D eigenvalue weighted by Crippen LogP contribution is 2.35. The molecule has 1 aromatic heterocycles. The van der Waals surface area contributed by atoms with Crippen molar-refractivity contribution in [1.82, 2.24) is 15.3 Å². The smallest absolute Gasteiger partial charge is 0.320 e. The van der Waals surface area contributed by atoms with Crippen LogP contribution in [0.4, 0.5) is 10.6 Å². The monoisotopic (exact) mass is 348 g/mol. The summed E-state index contributed by atoms with van der Waals surface area (Å²) in [5.74, 6) is 1.93. The second-order valence-corrected chi connectivity index (χ2v) is 5.66. The van der Waals surface area contributed by atoms with Crippen molar-refractivity contribution in [2.24, 2.45) is 0 Å². The number of hydrogen-bond acceptors (Lipinski definition) is 5. The Balaban J connectivity index is 1.36. The molecule has 2 amide bonds. The SMILES string of the molecule is O=C(NCc1ccc(-c2ccc3c(c2)OCO3)cc1)Nc1cnccn1. The first-order valence-electron chi connectivity index (χ1n) is 8.08. The van der Waals surface area contributed by atoms with Crippen LogP contribution in [0.5, 0.6) is 11.5 Å². The number of nitrogens with zero attached hydrogens (tertiary/aromatic N) is 2. The van der Waals surface area contributed by atoms with Crippen molar-refractivity contribution >= 4 is 11.8 Å². The molecule has 130 valence electrons. The summed E-state index contributed by atoms with van der Waals surface area (Å²) in [6.07, 6.45) is 4.55. The van der Waals surface area contributed by atoms with Crippen molar-refractivity contribution in [2.45, 2.75) is 6.54 Å². The van der Waals surface area contributed by atoms with Crippen LogP contribution in [0.3, 0.4) is 0 Å². The molecule has 1 aliphatic heterocycles. The number of nitrogens with one attached hydrogen (secondary N) is 2. The van der Waals surface area contributed by atoms with E-state index in [1.807, 2.05) is 42.5 Å². The average molecular weight is 348 g/mol. The molecule has 0 unspecified atom stereocenters. The molecule has 4 rings (SSSR count). The largest absolute Gasteiger partial charge is 0.454 e. The van der Waals surface area contributed by atoms with Crippen LogP contribution in [0.15, 0.2) is 61.1 Å². The second kappa shape index (κ2) is 7.10. The molecule has 0 radical (unpaired) electrons. The molecule has 3 aromatic rings. The van der Waals surface area contributed by atoms with Crippen LogP contribution >= 0.6 is 0 Å². The van der Waals surface area contributed by atoms with Gasteiger partial charge in [0.2, 0.25) is 6.79 Å². The molecule has 0 spiro atoms. The number of urea groups is 1. The van der Waals surface area contributed by atoms with E-state index >= 15 is 0 Å². The van der Waals surface area contributed by atoms with E-state index in [9.17, 15) is 4.79 Å². The average Bonchev–Trinajstić information content (AvgIpc) is 3.15. The zero-order chi connectivity index (χ0) is 17.8. The Hall–Kier alpha value is -3.61. The van der Waals surface area contributed by atoms with Crippen molar-refractivity contribution < 1.29 is 14.3 Å². The number of benzene rings is 2. The number of anilines is 1. The molecule has 7 nitrogen and oxygen atoms in total. The van der Waals surface area contributed by atoms with Crippen molar-refractivity contribution in [3.8, 4) is 22.6 Å². The molecule has 2 heterocycles. The first kappa shape index (κ1) is 15.9. The first-order chi connectivity index (χ1) is 12.8. The quantitative estimate of drug-likeness (QED) is 0.756. The molecular weight excluding hydrogens is 332 g/mol. The maximum absolute atomic E-state index is 11.9. The summed E-state index contributed by atoms with van der Waals surface area (Å²) in [6.45, 7) is 0.674. The molecule has 0 saturated carbocycles. The van der Waals surface area contributed by atoms with Crippen molar-refractivity contribution in [3.05, 3.63) is 66.6 Å². The molecule has 0 atom stereocenters. The Labute approximate surface area is 150 Å². The fourth-order valence-electron chi connectivity index (χ4n) is 2.60. The lowest BCUT2D eigenvalue weighted by Gasteiger charge is -2.08. The highest BCUT2D eigenvalue weighted by Gasteiger charge is 2.13. The summed E-state index contributed by atoms with van der Waals surface area (Å²) in [7, 11) is 0. The molecule has 2 aromatic carbocycles. The van der Waals surface area contributed by atoms with Gasteiger partial charge in [0.05, 0.1) is 6.20 Å². The van der Waals surface area contributed by atoms with Crippen LogP contribution < -0.4 is 20.1 Å². The molecular formula is C19H16N4O3. The van der Waals surface area contributed by atoms with E-state index in [1.54, 1.807) is 6.20 Å². The summed E-state index contributed by atoms with van der Waals surface area (Å²) >= 11 is 0. The predicted molar refractivity (Wildman–Crippen MR) is 95.9 cm³/mol. The maximum atomic E-state index is 11.9. The van der Waals surface area contributed by atoms with E-state index < -0.39 is 0 Å². The number of hydrogen-bond donors (Lipinski definition) is 2. The Morgan fingerprint density at radius 2 is 1.81 bits per heavy atom. The Bertz CT molecular complexity index is 914. The van der Waals surface area contributed by atoms with Gasteiger partial charge in [0.25, 0.3) is 0 Å².